The highest BCUT2D eigenvalue weighted by Gasteiger charge is 2.30. The standard InChI is InChI=1S/C27H37N3O5S2/c1-20-10-12-29(13-11-20)27(31)23-18-22(37(32,33)30-16-14-28(2)15-17-30)8-9-25(23)36-19-21-6-5-7-24(34-3)26(21)35-4/h5-9,18,20H,10-17,19H2,1-4H3. The molecule has 37 heavy (non-hydrogen) atoms. The zero-order chi connectivity index (χ0) is 26.6. The van der Waals surface area contributed by atoms with Gasteiger partial charge in [0.25, 0.3) is 5.91 Å². The van der Waals surface area contributed by atoms with Gasteiger partial charge in [-0.15, -0.1) is 11.8 Å². The van der Waals surface area contributed by atoms with Crippen molar-refractivity contribution in [3.05, 3.63) is 47.5 Å². The molecule has 0 spiro atoms. The molecule has 0 N–H and O–H groups in total. The monoisotopic (exact) mass is 547 g/mol. The molecule has 2 aliphatic rings. The van der Waals surface area contributed by atoms with Gasteiger partial charge in [0.15, 0.2) is 11.5 Å². The molecule has 2 aromatic rings. The largest absolute Gasteiger partial charge is 0.493 e. The summed E-state index contributed by atoms with van der Waals surface area (Å²) in [5.41, 5.74) is 1.38. The number of likely N-dealkylation sites (N-methyl/N-ethyl adjacent to an activating group) is 1. The molecule has 4 rings (SSSR count). The van der Waals surface area contributed by atoms with Crippen LogP contribution in [0.2, 0.25) is 0 Å². The second kappa shape index (κ2) is 12.1. The summed E-state index contributed by atoms with van der Waals surface area (Å²) in [6.07, 6.45) is 1.91. The molecule has 2 fully saturated rings. The van der Waals surface area contributed by atoms with E-state index >= 15 is 0 Å². The lowest BCUT2D eigenvalue weighted by molar-refractivity contribution is 0.0693. The SMILES string of the molecule is COc1cccc(CSc2ccc(S(=O)(=O)N3CCN(C)CC3)cc2C(=O)N2CCC(C)CC2)c1OC. The molecule has 10 heteroatoms. The van der Waals surface area contributed by atoms with Crippen molar-refractivity contribution in [1.29, 1.82) is 0 Å². The number of sulfonamides is 1. The number of piperazine rings is 1. The number of thioether (sulfide) groups is 1. The van der Waals surface area contributed by atoms with Crippen LogP contribution >= 0.6 is 11.8 Å². The zero-order valence-electron chi connectivity index (χ0n) is 22.1. The molecular formula is C27H37N3O5S2. The van der Waals surface area contributed by atoms with Crippen molar-refractivity contribution in [2.45, 2.75) is 35.3 Å². The first kappa shape index (κ1) is 27.8. The zero-order valence-corrected chi connectivity index (χ0v) is 23.7. The number of amides is 1. The lowest BCUT2D eigenvalue weighted by Gasteiger charge is -2.32. The van der Waals surface area contributed by atoms with Crippen LogP contribution in [0.25, 0.3) is 0 Å². The van der Waals surface area contributed by atoms with Gasteiger partial charge in [0.05, 0.1) is 24.7 Å². The lowest BCUT2D eigenvalue weighted by Crippen LogP contribution is -2.47. The molecule has 202 valence electrons. The van der Waals surface area contributed by atoms with Gasteiger partial charge in [-0.2, -0.15) is 4.31 Å². The highest BCUT2D eigenvalue weighted by molar-refractivity contribution is 7.98. The summed E-state index contributed by atoms with van der Waals surface area (Å²) >= 11 is 1.50. The highest BCUT2D eigenvalue weighted by Crippen LogP contribution is 2.37. The third-order valence-electron chi connectivity index (χ3n) is 7.22. The van der Waals surface area contributed by atoms with Crippen LogP contribution in [0, 0.1) is 5.92 Å². The number of para-hydroxylation sites is 1. The Hall–Kier alpha value is -2.27. The van der Waals surface area contributed by atoms with Crippen LogP contribution in [0.1, 0.15) is 35.7 Å². The molecule has 0 radical (unpaired) electrons. The quantitative estimate of drug-likeness (QED) is 0.465. The first-order valence-electron chi connectivity index (χ1n) is 12.7. The number of likely N-dealkylation sites (tertiary alicyclic amines) is 1. The van der Waals surface area contributed by atoms with E-state index in [-0.39, 0.29) is 10.8 Å². The van der Waals surface area contributed by atoms with Gasteiger partial charge in [-0.25, -0.2) is 8.42 Å². The Morgan fingerprint density at radius 1 is 1.00 bits per heavy atom. The van der Waals surface area contributed by atoms with Crippen LogP contribution in [0.3, 0.4) is 0 Å². The van der Waals surface area contributed by atoms with Gasteiger partial charge in [-0.05, 0) is 50.1 Å². The normalized spacial score (nSPS) is 18.1. The minimum absolute atomic E-state index is 0.109. The van der Waals surface area contributed by atoms with Crippen LogP contribution in [0.5, 0.6) is 11.5 Å². The van der Waals surface area contributed by atoms with E-state index in [1.54, 1.807) is 32.4 Å². The second-order valence-electron chi connectivity index (χ2n) is 9.78. The second-order valence-corrected chi connectivity index (χ2v) is 12.7. The summed E-state index contributed by atoms with van der Waals surface area (Å²) in [6.45, 7) is 5.83. The van der Waals surface area contributed by atoms with Crippen molar-refractivity contribution in [2.75, 3.05) is 60.5 Å². The van der Waals surface area contributed by atoms with E-state index in [1.165, 1.54) is 16.1 Å². The number of benzene rings is 2. The molecular weight excluding hydrogens is 510 g/mol. The Morgan fingerprint density at radius 2 is 1.70 bits per heavy atom. The summed E-state index contributed by atoms with van der Waals surface area (Å²) < 4.78 is 39.5. The molecule has 2 aliphatic heterocycles. The van der Waals surface area contributed by atoms with E-state index in [1.807, 2.05) is 30.1 Å². The maximum Gasteiger partial charge on any atom is 0.255 e. The molecule has 0 aromatic heterocycles. The third-order valence-corrected chi connectivity index (χ3v) is 10.2. The van der Waals surface area contributed by atoms with Gasteiger partial charge in [-0.3, -0.25) is 4.79 Å². The van der Waals surface area contributed by atoms with Crippen LogP contribution in [0.4, 0.5) is 0 Å². The number of piperidine rings is 1. The van der Waals surface area contributed by atoms with E-state index in [4.69, 9.17) is 9.47 Å². The van der Waals surface area contributed by atoms with Crippen LogP contribution in [0.15, 0.2) is 46.2 Å². The fourth-order valence-corrected chi connectivity index (χ4v) is 7.20. The Morgan fingerprint density at radius 3 is 2.35 bits per heavy atom. The van der Waals surface area contributed by atoms with Gasteiger partial charge in [0.2, 0.25) is 10.0 Å². The Balaban J connectivity index is 1.65. The first-order valence-corrected chi connectivity index (χ1v) is 15.1. The number of carbonyl (C=O) groups is 1. The number of hydrogen-bond donors (Lipinski definition) is 0. The summed E-state index contributed by atoms with van der Waals surface area (Å²) in [6, 6.07) is 10.7. The molecule has 2 aromatic carbocycles. The van der Waals surface area contributed by atoms with E-state index in [9.17, 15) is 13.2 Å². The number of methoxy groups -OCH3 is 2. The summed E-state index contributed by atoms with van der Waals surface area (Å²) in [7, 11) is 1.50. The van der Waals surface area contributed by atoms with E-state index in [2.05, 4.69) is 11.8 Å². The van der Waals surface area contributed by atoms with Crippen molar-refractivity contribution in [3.63, 3.8) is 0 Å². The Labute approximate surface area is 225 Å². The smallest absolute Gasteiger partial charge is 0.255 e. The first-order chi connectivity index (χ1) is 17.7. The van der Waals surface area contributed by atoms with E-state index in [0.29, 0.717) is 68.0 Å². The number of nitrogens with zero attached hydrogens (tertiary/aromatic N) is 3. The average Bonchev–Trinajstić information content (AvgIpc) is 2.91. The van der Waals surface area contributed by atoms with Crippen molar-refractivity contribution < 1.29 is 22.7 Å². The predicted octanol–water partition coefficient (Wildman–Crippen LogP) is 3.80. The molecule has 1 amide bonds. The molecule has 2 heterocycles. The third kappa shape index (κ3) is 6.25. The molecule has 0 unspecified atom stereocenters. The van der Waals surface area contributed by atoms with Crippen molar-refractivity contribution in [1.82, 2.24) is 14.1 Å². The number of carbonyl (C=O) groups excluding carboxylic acids is 1. The van der Waals surface area contributed by atoms with Gasteiger partial charge in [-0.1, -0.05) is 19.1 Å². The Bertz CT molecular complexity index is 1200. The number of rotatable bonds is 8. The minimum atomic E-state index is -3.69. The number of ether oxygens (including phenoxy) is 2. The van der Waals surface area contributed by atoms with Crippen molar-refractivity contribution in [3.8, 4) is 11.5 Å². The topological polar surface area (TPSA) is 79.4 Å². The fourth-order valence-electron chi connectivity index (χ4n) is 4.74. The molecule has 0 saturated carbocycles. The van der Waals surface area contributed by atoms with Gasteiger partial charge in [0.1, 0.15) is 0 Å². The van der Waals surface area contributed by atoms with Gasteiger partial charge >= 0.3 is 0 Å². The van der Waals surface area contributed by atoms with Gasteiger partial charge in [0, 0.05) is 55.5 Å². The van der Waals surface area contributed by atoms with Crippen LogP contribution in [-0.4, -0.2) is 89.0 Å². The fraction of sp³-hybridized carbons (Fsp3) is 0.519. The van der Waals surface area contributed by atoms with Crippen LogP contribution < -0.4 is 9.47 Å². The lowest BCUT2D eigenvalue weighted by atomic mass is 9.98. The molecule has 0 aliphatic carbocycles. The minimum Gasteiger partial charge on any atom is -0.493 e. The molecule has 0 bridgehead atoms. The van der Waals surface area contributed by atoms with Gasteiger partial charge < -0.3 is 19.3 Å². The average molecular weight is 548 g/mol. The summed E-state index contributed by atoms with van der Waals surface area (Å²) in [5.74, 6) is 2.32. The maximum absolute atomic E-state index is 13.7. The number of hydrogen-bond acceptors (Lipinski definition) is 7. The Kier molecular flexibility index (Phi) is 9.05. The maximum atomic E-state index is 13.7. The van der Waals surface area contributed by atoms with E-state index < -0.39 is 10.0 Å². The highest BCUT2D eigenvalue weighted by atomic mass is 32.2. The molecule has 8 nitrogen and oxygen atoms in total. The predicted molar refractivity (Wildman–Crippen MR) is 146 cm³/mol. The molecule has 2 saturated heterocycles. The van der Waals surface area contributed by atoms with Crippen LogP contribution in [-0.2, 0) is 15.8 Å². The summed E-state index contributed by atoms with van der Waals surface area (Å²) in [4.78, 5) is 18.6. The molecule has 0 atom stereocenters. The van der Waals surface area contributed by atoms with Crippen molar-refractivity contribution >= 4 is 27.7 Å². The summed E-state index contributed by atoms with van der Waals surface area (Å²) in [5, 5.41) is 0. The van der Waals surface area contributed by atoms with Crippen molar-refractivity contribution in [2.24, 2.45) is 5.92 Å². The van der Waals surface area contributed by atoms with E-state index in [0.717, 1.165) is 23.3 Å².